The van der Waals surface area contributed by atoms with Crippen LogP contribution in [0.1, 0.15) is 35.2 Å². The molecule has 3 heterocycles. The quantitative estimate of drug-likeness (QED) is 0.775. The molecule has 0 aromatic carbocycles. The van der Waals surface area contributed by atoms with Gasteiger partial charge in [0.25, 0.3) is 0 Å². The van der Waals surface area contributed by atoms with Crippen molar-refractivity contribution < 1.29 is 0 Å². The minimum atomic E-state index is 0.766. The standard InChI is InChI=1S/C17H21N5S/c1-9-5-6-12-13(7-9)23-17-14(12)16(18-8-19-17)20-15-10(2)21-22(4)11(15)3/h8-9H,5-7H2,1-4H3,(H,18,19,20)/t9-/m0/s1. The molecule has 0 amide bonds. The van der Waals surface area contributed by atoms with Crippen molar-refractivity contribution in [3.05, 3.63) is 28.2 Å². The van der Waals surface area contributed by atoms with Gasteiger partial charge in [-0.2, -0.15) is 5.10 Å². The third kappa shape index (κ3) is 2.32. The van der Waals surface area contributed by atoms with Crippen LogP contribution < -0.4 is 5.32 Å². The molecule has 1 aliphatic carbocycles. The van der Waals surface area contributed by atoms with Gasteiger partial charge in [-0.3, -0.25) is 4.68 Å². The number of hydrogen-bond acceptors (Lipinski definition) is 5. The summed E-state index contributed by atoms with van der Waals surface area (Å²) in [7, 11) is 1.97. The third-order valence-corrected chi connectivity index (χ3v) is 6.01. The molecule has 0 saturated carbocycles. The Hall–Kier alpha value is -1.95. The van der Waals surface area contributed by atoms with Crippen LogP contribution >= 0.6 is 11.3 Å². The van der Waals surface area contributed by atoms with E-state index in [-0.39, 0.29) is 0 Å². The SMILES string of the molecule is Cc1nn(C)c(C)c1Nc1ncnc2sc3c(c12)CC[C@H](C)C3. The fourth-order valence-electron chi connectivity index (χ4n) is 3.44. The lowest BCUT2D eigenvalue weighted by atomic mass is 9.89. The number of anilines is 2. The van der Waals surface area contributed by atoms with Crippen molar-refractivity contribution in [1.82, 2.24) is 19.7 Å². The molecule has 23 heavy (non-hydrogen) atoms. The normalized spacial score (nSPS) is 17.5. The molecule has 0 unspecified atom stereocenters. The highest BCUT2D eigenvalue weighted by Crippen LogP contribution is 2.40. The molecule has 3 aromatic heterocycles. The van der Waals surface area contributed by atoms with E-state index in [1.807, 2.05) is 30.0 Å². The van der Waals surface area contributed by atoms with E-state index in [0.717, 1.165) is 40.1 Å². The van der Waals surface area contributed by atoms with Crippen LogP contribution in [-0.2, 0) is 19.9 Å². The average molecular weight is 327 g/mol. The van der Waals surface area contributed by atoms with Crippen molar-refractivity contribution in [2.45, 2.75) is 40.0 Å². The first kappa shape index (κ1) is 14.6. The molecule has 0 spiro atoms. The predicted molar refractivity (Wildman–Crippen MR) is 94.6 cm³/mol. The van der Waals surface area contributed by atoms with Gasteiger partial charge < -0.3 is 5.32 Å². The van der Waals surface area contributed by atoms with Crippen LogP contribution in [0, 0.1) is 19.8 Å². The number of aryl methyl sites for hydroxylation is 3. The number of thiophene rings is 1. The lowest BCUT2D eigenvalue weighted by molar-refractivity contribution is 0.509. The highest BCUT2D eigenvalue weighted by Gasteiger charge is 2.23. The lowest BCUT2D eigenvalue weighted by Crippen LogP contribution is -2.09. The molecule has 0 bridgehead atoms. The summed E-state index contributed by atoms with van der Waals surface area (Å²) in [5.74, 6) is 1.68. The van der Waals surface area contributed by atoms with Gasteiger partial charge in [-0.15, -0.1) is 11.3 Å². The molecule has 3 aromatic rings. The first-order valence-corrected chi connectivity index (χ1v) is 8.88. The molecule has 0 fully saturated rings. The summed E-state index contributed by atoms with van der Waals surface area (Å²) in [6.07, 6.45) is 5.21. The van der Waals surface area contributed by atoms with Crippen molar-refractivity contribution in [2.24, 2.45) is 13.0 Å². The molecule has 6 heteroatoms. The minimum Gasteiger partial charge on any atom is -0.337 e. The number of fused-ring (bicyclic) bond motifs is 3. The van der Waals surface area contributed by atoms with Crippen molar-refractivity contribution in [3.63, 3.8) is 0 Å². The molecular weight excluding hydrogens is 306 g/mol. The van der Waals surface area contributed by atoms with E-state index in [1.165, 1.54) is 28.7 Å². The number of nitrogens with one attached hydrogen (secondary N) is 1. The summed E-state index contributed by atoms with van der Waals surface area (Å²) >= 11 is 1.83. The van der Waals surface area contributed by atoms with Gasteiger partial charge in [-0.25, -0.2) is 9.97 Å². The average Bonchev–Trinajstić information content (AvgIpc) is 2.99. The first-order chi connectivity index (χ1) is 11.0. The lowest BCUT2D eigenvalue weighted by Gasteiger charge is -2.18. The van der Waals surface area contributed by atoms with Crippen LogP contribution in [0.25, 0.3) is 10.2 Å². The van der Waals surface area contributed by atoms with Gasteiger partial charge in [-0.05, 0) is 44.6 Å². The Morgan fingerprint density at radius 2 is 2.13 bits per heavy atom. The van der Waals surface area contributed by atoms with Crippen LogP contribution in [0.4, 0.5) is 11.5 Å². The van der Waals surface area contributed by atoms with Gasteiger partial charge in [0.05, 0.1) is 22.5 Å². The van der Waals surface area contributed by atoms with Crippen LogP contribution in [0.15, 0.2) is 6.33 Å². The van der Waals surface area contributed by atoms with Crippen LogP contribution in [-0.4, -0.2) is 19.7 Å². The molecule has 4 rings (SSSR count). The maximum absolute atomic E-state index is 4.54. The second-order valence-corrected chi connectivity index (χ2v) is 7.63. The first-order valence-electron chi connectivity index (χ1n) is 8.07. The zero-order valence-electron chi connectivity index (χ0n) is 14.0. The maximum Gasteiger partial charge on any atom is 0.142 e. The van der Waals surface area contributed by atoms with Gasteiger partial charge in [0.15, 0.2) is 0 Å². The molecule has 1 N–H and O–H groups in total. The fraction of sp³-hybridized carbons (Fsp3) is 0.471. The van der Waals surface area contributed by atoms with Gasteiger partial charge in [-0.1, -0.05) is 6.92 Å². The van der Waals surface area contributed by atoms with Crippen molar-refractivity contribution >= 4 is 33.1 Å². The zero-order chi connectivity index (χ0) is 16.1. The summed E-state index contributed by atoms with van der Waals surface area (Å²) in [5, 5.41) is 9.22. The topological polar surface area (TPSA) is 55.6 Å². The Morgan fingerprint density at radius 3 is 2.87 bits per heavy atom. The Labute approximate surface area is 139 Å². The summed E-state index contributed by atoms with van der Waals surface area (Å²) in [5.41, 5.74) is 4.61. The molecular formula is C17H21N5S. The smallest absolute Gasteiger partial charge is 0.142 e. The highest BCUT2D eigenvalue weighted by molar-refractivity contribution is 7.19. The van der Waals surface area contributed by atoms with E-state index < -0.39 is 0 Å². The second-order valence-electron chi connectivity index (χ2n) is 6.55. The van der Waals surface area contributed by atoms with Gasteiger partial charge in [0.2, 0.25) is 0 Å². The van der Waals surface area contributed by atoms with Crippen LogP contribution in [0.3, 0.4) is 0 Å². The second kappa shape index (κ2) is 5.30. The van der Waals surface area contributed by atoms with E-state index in [0.29, 0.717) is 0 Å². The van der Waals surface area contributed by atoms with E-state index in [2.05, 4.69) is 34.2 Å². The molecule has 5 nitrogen and oxygen atoms in total. The summed E-state index contributed by atoms with van der Waals surface area (Å²) in [4.78, 5) is 11.6. The molecule has 0 aliphatic heterocycles. The third-order valence-electron chi connectivity index (χ3n) is 4.84. The highest BCUT2D eigenvalue weighted by atomic mass is 32.1. The number of rotatable bonds is 2. The Morgan fingerprint density at radius 1 is 1.30 bits per heavy atom. The summed E-state index contributed by atoms with van der Waals surface area (Å²) in [6, 6.07) is 0. The van der Waals surface area contributed by atoms with E-state index >= 15 is 0 Å². The molecule has 120 valence electrons. The van der Waals surface area contributed by atoms with E-state index in [4.69, 9.17) is 0 Å². The van der Waals surface area contributed by atoms with E-state index in [1.54, 1.807) is 6.33 Å². The van der Waals surface area contributed by atoms with Crippen LogP contribution in [0.2, 0.25) is 0 Å². The van der Waals surface area contributed by atoms with Crippen molar-refractivity contribution in [2.75, 3.05) is 5.32 Å². The van der Waals surface area contributed by atoms with Crippen LogP contribution in [0.5, 0.6) is 0 Å². The molecule has 0 saturated heterocycles. The van der Waals surface area contributed by atoms with E-state index in [9.17, 15) is 0 Å². The van der Waals surface area contributed by atoms with Gasteiger partial charge >= 0.3 is 0 Å². The van der Waals surface area contributed by atoms with Gasteiger partial charge in [0, 0.05) is 11.9 Å². The van der Waals surface area contributed by atoms with Crippen molar-refractivity contribution in [1.29, 1.82) is 0 Å². The predicted octanol–water partition coefficient (Wildman–Crippen LogP) is 3.91. The Kier molecular flexibility index (Phi) is 3.37. The summed E-state index contributed by atoms with van der Waals surface area (Å²) < 4.78 is 1.90. The largest absolute Gasteiger partial charge is 0.337 e. The van der Waals surface area contributed by atoms with Crippen molar-refractivity contribution in [3.8, 4) is 0 Å². The number of nitrogens with zero attached hydrogens (tertiary/aromatic N) is 4. The number of hydrogen-bond donors (Lipinski definition) is 1. The molecule has 0 radical (unpaired) electrons. The molecule has 1 aliphatic rings. The minimum absolute atomic E-state index is 0.766. The fourth-order valence-corrected chi connectivity index (χ4v) is 4.79. The zero-order valence-corrected chi connectivity index (χ0v) is 14.8. The molecule has 1 atom stereocenters. The summed E-state index contributed by atoms with van der Waals surface area (Å²) in [6.45, 7) is 6.44. The Bertz CT molecular complexity index is 892. The number of aromatic nitrogens is 4. The van der Waals surface area contributed by atoms with Gasteiger partial charge in [0.1, 0.15) is 17.0 Å². The monoisotopic (exact) mass is 327 g/mol. The maximum atomic E-state index is 4.54. The Balaban J connectivity index is 1.84.